The van der Waals surface area contributed by atoms with Crippen LogP contribution in [0.2, 0.25) is 0 Å². The summed E-state index contributed by atoms with van der Waals surface area (Å²) < 4.78 is 5.35. The Morgan fingerprint density at radius 1 is 1.39 bits per heavy atom. The van der Waals surface area contributed by atoms with Gasteiger partial charge in [-0.1, -0.05) is 0 Å². The second kappa shape index (κ2) is 4.52. The van der Waals surface area contributed by atoms with Crippen molar-refractivity contribution in [3.05, 3.63) is 29.5 Å². The molecular weight excluding hydrogens is 234 g/mol. The summed E-state index contributed by atoms with van der Waals surface area (Å²) in [6.07, 6.45) is 0. The molecule has 0 bridgehead atoms. The molecule has 1 heterocycles. The van der Waals surface area contributed by atoms with E-state index in [0.717, 1.165) is 0 Å². The number of nitrogens with one attached hydrogen (secondary N) is 1. The summed E-state index contributed by atoms with van der Waals surface area (Å²) in [5.41, 5.74) is 0.728. The molecule has 0 saturated carbocycles. The Morgan fingerprint density at radius 3 is 2.67 bits per heavy atom. The second-order valence-electron chi connectivity index (χ2n) is 3.88. The molecule has 0 radical (unpaired) electrons. The number of ketones is 1. The van der Waals surface area contributed by atoms with Gasteiger partial charge in [-0.3, -0.25) is 4.79 Å². The number of rotatable bonds is 4. The minimum atomic E-state index is -1.14. The Morgan fingerprint density at radius 2 is 2.11 bits per heavy atom. The molecule has 0 saturated heterocycles. The van der Waals surface area contributed by atoms with Crippen molar-refractivity contribution in [3.63, 3.8) is 0 Å². The Balaban J connectivity index is 2.71. The monoisotopic (exact) mass is 247 g/mol. The zero-order valence-electron chi connectivity index (χ0n) is 10.1. The lowest BCUT2D eigenvalue weighted by Gasteiger charge is -2.02. The van der Waals surface area contributed by atoms with Gasteiger partial charge in [0.2, 0.25) is 0 Å². The van der Waals surface area contributed by atoms with E-state index in [1.165, 1.54) is 6.92 Å². The maximum atomic E-state index is 11.6. The van der Waals surface area contributed by atoms with Gasteiger partial charge >= 0.3 is 5.97 Å². The van der Waals surface area contributed by atoms with E-state index in [1.807, 2.05) is 6.92 Å². The summed E-state index contributed by atoms with van der Waals surface area (Å²) >= 11 is 0. The zero-order chi connectivity index (χ0) is 13.3. The van der Waals surface area contributed by atoms with Gasteiger partial charge in [0.1, 0.15) is 11.4 Å². The highest BCUT2D eigenvalue weighted by atomic mass is 16.5. The number of carboxylic acids is 1. The zero-order valence-corrected chi connectivity index (χ0v) is 10.1. The molecule has 1 aromatic heterocycles. The highest BCUT2D eigenvalue weighted by Crippen LogP contribution is 2.27. The first kappa shape index (κ1) is 12.2. The van der Waals surface area contributed by atoms with Crippen molar-refractivity contribution in [1.29, 1.82) is 0 Å². The number of carboxylic acid groups (broad SMARTS) is 1. The number of fused-ring (bicyclic) bond motifs is 1. The Bertz CT molecular complexity index is 627. The Kier molecular flexibility index (Phi) is 3.06. The van der Waals surface area contributed by atoms with Gasteiger partial charge in [0.15, 0.2) is 5.78 Å². The van der Waals surface area contributed by atoms with Gasteiger partial charge in [0.25, 0.3) is 0 Å². The van der Waals surface area contributed by atoms with E-state index in [2.05, 4.69) is 4.98 Å². The van der Waals surface area contributed by atoms with Crippen molar-refractivity contribution in [1.82, 2.24) is 4.98 Å². The van der Waals surface area contributed by atoms with Crippen LogP contribution in [0.5, 0.6) is 5.75 Å². The van der Waals surface area contributed by atoms with E-state index in [1.54, 1.807) is 18.2 Å². The maximum absolute atomic E-state index is 11.6. The van der Waals surface area contributed by atoms with Crippen LogP contribution in [0.15, 0.2) is 18.2 Å². The highest BCUT2D eigenvalue weighted by molar-refractivity contribution is 6.14. The number of aromatic amines is 1. The standard InChI is InChI=1S/C13H13NO4/c1-3-18-8-4-5-10-9(6-8)11(7(2)15)12(14-10)13(16)17/h4-6,14H,3H2,1-2H3,(H,16,17). The maximum Gasteiger partial charge on any atom is 0.353 e. The molecule has 5 heteroatoms. The predicted octanol–water partition coefficient (Wildman–Crippen LogP) is 2.47. The average Bonchev–Trinajstić information content (AvgIpc) is 2.68. The van der Waals surface area contributed by atoms with Crippen molar-refractivity contribution in [3.8, 4) is 5.75 Å². The lowest BCUT2D eigenvalue weighted by Crippen LogP contribution is -2.04. The summed E-state index contributed by atoms with van der Waals surface area (Å²) in [6, 6.07) is 5.12. The molecule has 0 atom stereocenters. The third kappa shape index (κ3) is 1.95. The molecule has 0 fully saturated rings. The van der Waals surface area contributed by atoms with E-state index in [4.69, 9.17) is 9.84 Å². The van der Waals surface area contributed by atoms with Crippen molar-refractivity contribution in [2.24, 2.45) is 0 Å². The van der Waals surface area contributed by atoms with Crippen LogP contribution < -0.4 is 4.74 Å². The number of aromatic nitrogens is 1. The first-order valence-corrected chi connectivity index (χ1v) is 5.57. The van der Waals surface area contributed by atoms with Crippen LogP contribution in [-0.2, 0) is 0 Å². The van der Waals surface area contributed by atoms with Crippen LogP contribution in [0.3, 0.4) is 0 Å². The van der Waals surface area contributed by atoms with Gasteiger partial charge in [-0.25, -0.2) is 4.79 Å². The van der Waals surface area contributed by atoms with E-state index in [9.17, 15) is 9.59 Å². The third-order valence-corrected chi connectivity index (χ3v) is 2.65. The van der Waals surface area contributed by atoms with Crippen LogP contribution in [0.4, 0.5) is 0 Å². The van der Waals surface area contributed by atoms with Gasteiger partial charge in [0, 0.05) is 10.9 Å². The summed E-state index contributed by atoms with van der Waals surface area (Å²) in [5, 5.41) is 9.65. The lowest BCUT2D eigenvalue weighted by atomic mass is 10.1. The fourth-order valence-electron chi connectivity index (χ4n) is 1.95. The topological polar surface area (TPSA) is 79.4 Å². The smallest absolute Gasteiger partial charge is 0.353 e. The van der Waals surface area contributed by atoms with Crippen LogP contribution in [0.25, 0.3) is 10.9 Å². The van der Waals surface area contributed by atoms with Gasteiger partial charge in [-0.15, -0.1) is 0 Å². The van der Waals surface area contributed by atoms with Crippen molar-refractivity contribution < 1.29 is 19.4 Å². The van der Waals surface area contributed by atoms with Gasteiger partial charge < -0.3 is 14.8 Å². The fourth-order valence-corrected chi connectivity index (χ4v) is 1.95. The molecular formula is C13H13NO4. The second-order valence-corrected chi connectivity index (χ2v) is 3.88. The number of hydrogen-bond donors (Lipinski definition) is 2. The number of carbonyl (C=O) groups is 2. The molecule has 0 spiro atoms. The van der Waals surface area contributed by atoms with Crippen molar-refractivity contribution in [2.45, 2.75) is 13.8 Å². The van der Waals surface area contributed by atoms with E-state index >= 15 is 0 Å². The van der Waals surface area contributed by atoms with Crippen molar-refractivity contribution >= 4 is 22.7 Å². The normalized spacial score (nSPS) is 10.6. The quantitative estimate of drug-likeness (QED) is 0.813. The van der Waals surface area contributed by atoms with E-state index < -0.39 is 5.97 Å². The van der Waals surface area contributed by atoms with Crippen molar-refractivity contribution in [2.75, 3.05) is 6.61 Å². The summed E-state index contributed by atoms with van der Waals surface area (Å²) in [4.78, 5) is 25.4. The molecule has 1 aromatic carbocycles. The molecule has 0 aliphatic heterocycles. The number of carbonyl (C=O) groups excluding carboxylic acids is 1. The first-order chi connectivity index (χ1) is 8.54. The molecule has 2 rings (SSSR count). The van der Waals surface area contributed by atoms with Crippen LogP contribution >= 0.6 is 0 Å². The molecule has 18 heavy (non-hydrogen) atoms. The fraction of sp³-hybridized carbons (Fsp3) is 0.231. The minimum Gasteiger partial charge on any atom is -0.494 e. The lowest BCUT2D eigenvalue weighted by molar-refractivity contribution is 0.0687. The molecule has 0 aliphatic carbocycles. The van der Waals surface area contributed by atoms with Crippen LogP contribution in [0.1, 0.15) is 34.7 Å². The molecule has 0 amide bonds. The number of benzene rings is 1. The predicted molar refractivity (Wildman–Crippen MR) is 66.4 cm³/mol. The largest absolute Gasteiger partial charge is 0.494 e. The molecule has 2 aromatic rings. The number of hydrogen-bond acceptors (Lipinski definition) is 3. The minimum absolute atomic E-state index is 0.0776. The summed E-state index contributed by atoms with van der Waals surface area (Å²) in [5.74, 6) is -0.815. The summed E-state index contributed by atoms with van der Waals surface area (Å²) in [6.45, 7) is 3.72. The first-order valence-electron chi connectivity index (χ1n) is 5.57. The van der Waals surface area contributed by atoms with Crippen LogP contribution in [0, 0.1) is 0 Å². The molecule has 0 unspecified atom stereocenters. The number of H-pyrrole nitrogens is 1. The molecule has 2 N–H and O–H groups in total. The summed E-state index contributed by atoms with van der Waals surface area (Å²) in [7, 11) is 0. The van der Waals surface area contributed by atoms with E-state index in [-0.39, 0.29) is 17.0 Å². The van der Waals surface area contributed by atoms with E-state index in [0.29, 0.717) is 23.3 Å². The number of Topliss-reactive ketones (excluding diaryl/α,β-unsaturated/α-hetero) is 1. The van der Waals surface area contributed by atoms with Gasteiger partial charge in [-0.05, 0) is 32.0 Å². The van der Waals surface area contributed by atoms with Gasteiger partial charge in [0.05, 0.1) is 12.2 Å². The third-order valence-electron chi connectivity index (χ3n) is 2.65. The Hall–Kier alpha value is -2.30. The molecule has 94 valence electrons. The van der Waals surface area contributed by atoms with Crippen LogP contribution in [-0.4, -0.2) is 28.4 Å². The average molecular weight is 247 g/mol. The highest BCUT2D eigenvalue weighted by Gasteiger charge is 2.20. The molecule has 5 nitrogen and oxygen atoms in total. The Labute approximate surface area is 103 Å². The SMILES string of the molecule is CCOc1ccc2[nH]c(C(=O)O)c(C(C)=O)c2c1. The van der Waals surface area contributed by atoms with Gasteiger partial charge in [-0.2, -0.15) is 0 Å². The number of ether oxygens (including phenoxy) is 1. The number of aromatic carboxylic acids is 1. The molecule has 0 aliphatic rings.